The highest BCUT2D eigenvalue weighted by Gasteiger charge is 2.40. The first-order chi connectivity index (χ1) is 7.90. The van der Waals surface area contributed by atoms with E-state index in [9.17, 15) is 9.59 Å². The van der Waals surface area contributed by atoms with Crippen molar-refractivity contribution in [3.05, 3.63) is 29.0 Å². The van der Waals surface area contributed by atoms with Gasteiger partial charge >= 0.3 is 5.97 Å². The van der Waals surface area contributed by atoms with Crippen molar-refractivity contribution in [1.82, 2.24) is 10.3 Å². The zero-order valence-electron chi connectivity index (χ0n) is 9.53. The summed E-state index contributed by atoms with van der Waals surface area (Å²) in [5, 5.41) is 11.8. The summed E-state index contributed by atoms with van der Waals surface area (Å²) < 4.78 is 0. The highest BCUT2D eigenvalue weighted by Crippen LogP contribution is 2.24. The molecule has 17 heavy (non-hydrogen) atoms. The number of carbonyl (C=O) groups excluding carboxylic acids is 1. The minimum absolute atomic E-state index is 0.0598. The van der Waals surface area contributed by atoms with Crippen molar-refractivity contribution >= 4 is 23.5 Å². The van der Waals surface area contributed by atoms with Crippen molar-refractivity contribution in [2.45, 2.75) is 13.3 Å². The number of aromatic nitrogens is 1. The van der Waals surface area contributed by atoms with Crippen LogP contribution in [-0.2, 0) is 16.0 Å². The van der Waals surface area contributed by atoms with Crippen LogP contribution in [0.15, 0.2) is 18.3 Å². The van der Waals surface area contributed by atoms with Crippen LogP contribution in [0.5, 0.6) is 0 Å². The van der Waals surface area contributed by atoms with Gasteiger partial charge in [0.1, 0.15) is 10.6 Å². The van der Waals surface area contributed by atoms with Gasteiger partial charge < -0.3 is 10.4 Å². The van der Waals surface area contributed by atoms with Gasteiger partial charge in [0.25, 0.3) is 0 Å². The molecular weight excluding hydrogens is 244 g/mol. The van der Waals surface area contributed by atoms with Crippen LogP contribution in [-0.4, -0.2) is 29.0 Å². The number of amides is 1. The topological polar surface area (TPSA) is 79.3 Å². The fraction of sp³-hybridized carbons (Fsp3) is 0.364. The fourth-order valence-corrected chi connectivity index (χ4v) is 1.69. The fourth-order valence-electron chi connectivity index (χ4n) is 1.49. The van der Waals surface area contributed by atoms with E-state index in [2.05, 4.69) is 10.3 Å². The summed E-state index contributed by atoms with van der Waals surface area (Å²) in [6.07, 6.45) is 1.54. The smallest absolute Gasteiger partial charge is 0.319 e. The largest absolute Gasteiger partial charge is 0.480 e. The molecule has 92 valence electrons. The average molecular weight is 257 g/mol. The number of rotatable bonds is 4. The normalized spacial score (nSPS) is 13.8. The average Bonchev–Trinajstić information content (AvgIpc) is 2.27. The Morgan fingerprint density at radius 1 is 1.59 bits per heavy atom. The number of hydrogen-bond acceptors (Lipinski definition) is 3. The number of pyridine rings is 1. The lowest BCUT2D eigenvalue weighted by atomic mass is 9.83. The zero-order valence-corrected chi connectivity index (χ0v) is 10.3. The van der Waals surface area contributed by atoms with Crippen LogP contribution in [0, 0.1) is 5.41 Å². The lowest BCUT2D eigenvalue weighted by Crippen LogP contribution is -2.44. The quantitative estimate of drug-likeness (QED) is 0.625. The highest BCUT2D eigenvalue weighted by atomic mass is 35.5. The molecule has 5 nitrogen and oxygen atoms in total. The molecule has 0 saturated heterocycles. The lowest BCUT2D eigenvalue weighted by Gasteiger charge is -2.22. The molecule has 0 spiro atoms. The van der Waals surface area contributed by atoms with Gasteiger partial charge in [0.2, 0.25) is 5.91 Å². The molecule has 1 aromatic heterocycles. The molecule has 0 fully saturated rings. The van der Waals surface area contributed by atoms with Gasteiger partial charge in [-0.15, -0.1) is 0 Å². The second kappa shape index (κ2) is 5.14. The summed E-state index contributed by atoms with van der Waals surface area (Å²) in [6.45, 7) is 1.38. The third-order valence-corrected chi connectivity index (χ3v) is 2.76. The van der Waals surface area contributed by atoms with Crippen LogP contribution in [0.25, 0.3) is 0 Å². The Bertz CT molecular complexity index is 450. The molecule has 0 saturated carbocycles. The maximum atomic E-state index is 11.6. The predicted octanol–water partition coefficient (Wildman–Crippen LogP) is 1.11. The second-order valence-electron chi connectivity index (χ2n) is 3.88. The SMILES string of the molecule is CNC(=O)C(C)(Cc1ccnc(Cl)c1)C(=O)O. The monoisotopic (exact) mass is 256 g/mol. The molecular formula is C11H13ClN2O3. The van der Waals surface area contributed by atoms with Crippen molar-refractivity contribution in [2.75, 3.05) is 7.05 Å². The van der Waals surface area contributed by atoms with Crippen LogP contribution >= 0.6 is 11.6 Å². The summed E-state index contributed by atoms with van der Waals surface area (Å²) in [5.41, 5.74) is -0.863. The molecule has 2 N–H and O–H groups in total. The molecule has 0 aliphatic heterocycles. The number of carboxylic acid groups (broad SMARTS) is 1. The number of nitrogens with one attached hydrogen (secondary N) is 1. The standard InChI is InChI=1S/C11H13ClN2O3/c1-11(10(16)17,9(15)13-2)6-7-3-4-14-8(12)5-7/h3-5H,6H2,1-2H3,(H,13,15)(H,16,17). The number of aliphatic carboxylic acids is 1. The van der Waals surface area contributed by atoms with E-state index >= 15 is 0 Å². The summed E-state index contributed by atoms with van der Waals surface area (Å²) in [7, 11) is 1.41. The van der Waals surface area contributed by atoms with Crippen LogP contribution in [0.1, 0.15) is 12.5 Å². The maximum absolute atomic E-state index is 11.6. The third-order valence-electron chi connectivity index (χ3n) is 2.55. The predicted molar refractivity (Wildman–Crippen MR) is 62.8 cm³/mol. The van der Waals surface area contributed by atoms with Gasteiger partial charge in [-0.05, 0) is 31.0 Å². The van der Waals surface area contributed by atoms with Crippen molar-refractivity contribution in [1.29, 1.82) is 0 Å². The van der Waals surface area contributed by atoms with E-state index in [4.69, 9.17) is 16.7 Å². The summed E-state index contributed by atoms with van der Waals surface area (Å²) >= 11 is 5.71. The molecule has 1 heterocycles. The van der Waals surface area contributed by atoms with Crippen LogP contribution < -0.4 is 5.32 Å². The van der Waals surface area contributed by atoms with E-state index in [1.54, 1.807) is 12.1 Å². The summed E-state index contributed by atoms with van der Waals surface area (Å²) in [6, 6.07) is 3.18. The van der Waals surface area contributed by atoms with Gasteiger partial charge in [-0.25, -0.2) is 4.98 Å². The minimum Gasteiger partial charge on any atom is -0.480 e. The van der Waals surface area contributed by atoms with Gasteiger partial charge in [0.05, 0.1) is 0 Å². The molecule has 0 aliphatic carbocycles. The molecule has 1 aromatic rings. The van der Waals surface area contributed by atoms with Gasteiger partial charge in [0, 0.05) is 13.2 Å². The van der Waals surface area contributed by atoms with Crippen LogP contribution in [0.3, 0.4) is 0 Å². The Hall–Kier alpha value is -1.62. The van der Waals surface area contributed by atoms with E-state index in [0.717, 1.165) is 0 Å². The van der Waals surface area contributed by atoms with Crippen molar-refractivity contribution < 1.29 is 14.7 Å². The number of halogens is 1. The molecule has 0 radical (unpaired) electrons. The third kappa shape index (κ3) is 2.94. The molecule has 1 atom stereocenters. The first-order valence-corrected chi connectivity index (χ1v) is 5.34. The van der Waals surface area contributed by atoms with E-state index in [-0.39, 0.29) is 11.6 Å². The molecule has 1 unspecified atom stereocenters. The number of carboxylic acids is 1. The molecule has 0 aromatic carbocycles. The van der Waals surface area contributed by atoms with Crippen LogP contribution in [0.2, 0.25) is 5.15 Å². The van der Waals surface area contributed by atoms with Crippen LogP contribution in [0.4, 0.5) is 0 Å². The summed E-state index contributed by atoms with van der Waals surface area (Å²) in [5.74, 6) is -1.72. The lowest BCUT2D eigenvalue weighted by molar-refractivity contribution is -0.154. The Labute approximate surface area is 104 Å². The van der Waals surface area contributed by atoms with E-state index in [1.165, 1.54) is 20.2 Å². The number of hydrogen-bond donors (Lipinski definition) is 2. The molecule has 6 heteroatoms. The van der Waals surface area contributed by atoms with Gasteiger partial charge in [-0.2, -0.15) is 0 Å². The maximum Gasteiger partial charge on any atom is 0.319 e. The number of carbonyl (C=O) groups is 2. The Kier molecular flexibility index (Phi) is 4.07. The van der Waals surface area contributed by atoms with Crippen molar-refractivity contribution in [2.24, 2.45) is 5.41 Å². The molecule has 1 rings (SSSR count). The van der Waals surface area contributed by atoms with E-state index in [0.29, 0.717) is 5.56 Å². The Morgan fingerprint density at radius 2 is 2.24 bits per heavy atom. The Morgan fingerprint density at radius 3 is 2.71 bits per heavy atom. The highest BCUT2D eigenvalue weighted by molar-refractivity contribution is 6.29. The van der Waals surface area contributed by atoms with Gasteiger partial charge in [-0.1, -0.05) is 11.6 Å². The molecule has 0 aliphatic rings. The Balaban J connectivity index is 3.03. The van der Waals surface area contributed by atoms with Crippen molar-refractivity contribution in [3.63, 3.8) is 0 Å². The number of nitrogens with zero attached hydrogens (tertiary/aromatic N) is 1. The summed E-state index contributed by atoms with van der Waals surface area (Å²) in [4.78, 5) is 26.6. The first kappa shape index (κ1) is 13.4. The van der Waals surface area contributed by atoms with Crippen molar-refractivity contribution in [3.8, 4) is 0 Å². The zero-order chi connectivity index (χ0) is 13.1. The van der Waals surface area contributed by atoms with Gasteiger partial charge in [-0.3, -0.25) is 9.59 Å². The van der Waals surface area contributed by atoms with Gasteiger partial charge in [0.15, 0.2) is 0 Å². The minimum atomic E-state index is -1.51. The second-order valence-corrected chi connectivity index (χ2v) is 4.27. The van der Waals surface area contributed by atoms with E-state index < -0.39 is 17.3 Å². The van der Waals surface area contributed by atoms with E-state index in [1.807, 2.05) is 0 Å². The first-order valence-electron chi connectivity index (χ1n) is 4.96. The molecule has 1 amide bonds. The molecule has 0 bridgehead atoms.